The van der Waals surface area contributed by atoms with Crippen molar-refractivity contribution in [2.75, 3.05) is 5.32 Å². The number of hydrogen-bond acceptors (Lipinski definition) is 4. The molecule has 7 heteroatoms. The number of hydrogen-bond donors (Lipinski definition) is 2. The lowest BCUT2D eigenvalue weighted by Crippen LogP contribution is -2.23. The first-order valence-electron chi connectivity index (χ1n) is 6.65. The Bertz CT molecular complexity index is 770. The number of halogens is 1. The molecule has 0 aliphatic carbocycles. The minimum absolute atomic E-state index is 0.111. The van der Waals surface area contributed by atoms with Crippen LogP contribution in [0.2, 0.25) is 0 Å². The first-order chi connectivity index (χ1) is 10.6. The zero-order valence-electron chi connectivity index (χ0n) is 11.7. The van der Waals surface area contributed by atoms with E-state index in [0.29, 0.717) is 5.82 Å². The quantitative estimate of drug-likeness (QED) is 0.678. The van der Waals surface area contributed by atoms with Crippen LogP contribution in [0.3, 0.4) is 0 Å². The van der Waals surface area contributed by atoms with Crippen molar-refractivity contribution in [3.8, 4) is 0 Å². The first kappa shape index (κ1) is 15.1. The number of amides is 1. The van der Waals surface area contributed by atoms with Crippen molar-refractivity contribution in [2.24, 2.45) is 0 Å². The summed E-state index contributed by atoms with van der Waals surface area (Å²) in [5.74, 6) is 0.422. The molecule has 2 heterocycles. The van der Waals surface area contributed by atoms with Crippen LogP contribution in [0.1, 0.15) is 6.92 Å². The van der Waals surface area contributed by atoms with Crippen LogP contribution in [0.15, 0.2) is 52.2 Å². The van der Waals surface area contributed by atoms with Gasteiger partial charge in [-0.05, 0) is 47.1 Å². The summed E-state index contributed by atoms with van der Waals surface area (Å²) in [6.07, 6.45) is 1.65. The molecule has 0 fully saturated rings. The van der Waals surface area contributed by atoms with Gasteiger partial charge in [-0.1, -0.05) is 23.9 Å². The van der Waals surface area contributed by atoms with Gasteiger partial charge in [0.1, 0.15) is 5.82 Å². The maximum absolute atomic E-state index is 12.2. The molecular formula is C15H13BrN4OS. The predicted molar refractivity (Wildman–Crippen MR) is 92.0 cm³/mol. The van der Waals surface area contributed by atoms with E-state index in [1.165, 1.54) is 11.8 Å². The molecule has 0 spiro atoms. The van der Waals surface area contributed by atoms with Gasteiger partial charge >= 0.3 is 0 Å². The normalized spacial score (nSPS) is 12.3. The standard InChI is InChI=1S/C15H13BrN4OS/c1-9(14(21)20-13-7-6-10(16)8-17-13)22-15-18-11-4-2-3-5-12(11)19-15/h2-9H,1H3,(H,18,19)(H,17,20,21). The van der Waals surface area contributed by atoms with Gasteiger partial charge in [0.25, 0.3) is 0 Å². The molecule has 112 valence electrons. The van der Waals surface area contributed by atoms with Crippen LogP contribution in [0.25, 0.3) is 11.0 Å². The molecule has 5 nitrogen and oxygen atoms in total. The predicted octanol–water partition coefficient (Wildman–Crippen LogP) is 3.84. The molecule has 22 heavy (non-hydrogen) atoms. The highest BCUT2D eigenvalue weighted by atomic mass is 79.9. The molecule has 0 aliphatic rings. The Morgan fingerprint density at radius 3 is 2.86 bits per heavy atom. The topological polar surface area (TPSA) is 70.7 Å². The summed E-state index contributed by atoms with van der Waals surface area (Å²) in [4.78, 5) is 24.0. The Kier molecular flexibility index (Phi) is 4.44. The van der Waals surface area contributed by atoms with Crippen LogP contribution in [-0.4, -0.2) is 26.1 Å². The third-order valence-electron chi connectivity index (χ3n) is 3.00. The van der Waals surface area contributed by atoms with Gasteiger partial charge < -0.3 is 10.3 Å². The Labute approximate surface area is 140 Å². The van der Waals surface area contributed by atoms with E-state index in [0.717, 1.165) is 20.7 Å². The van der Waals surface area contributed by atoms with E-state index < -0.39 is 0 Å². The molecule has 0 saturated carbocycles. The zero-order chi connectivity index (χ0) is 15.5. The number of aromatic amines is 1. The monoisotopic (exact) mass is 376 g/mol. The molecule has 1 atom stereocenters. The van der Waals surface area contributed by atoms with Crippen molar-refractivity contribution >= 4 is 50.5 Å². The number of anilines is 1. The SMILES string of the molecule is CC(Sc1nc2ccccc2[nH]1)C(=O)Nc1ccc(Br)cn1. The van der Waals surface area contributed by atoms with E-state index in [2.05, 4.69) is 36.2 Å². The van der Waals surface area contributed by atoms with Crippen LogP contribution in [0, 0.1) is 0 Å². The first-order valence-corrected chi connectivity index (χ1v) is 8.33. The van der Waals surface area contributed by atoms with E-state index in [4.69, 9.17) is 0 Å². The molecule has 1 unspecified atom stereocenters. The second kappa shape index (κ2) is 6.50. The lowest BCUT2D eigenvalue weighted by molar-refractivity contribution is -0.115. The van der Waals surface area contributed by atoms with E-state index in [1.807, 2.05) is 37.3 Å². The highest BCUT2D eigenvalue weighted by Gasteiger charge is 2.17. The fraction of sp³-hybridized carbons (Fsp3) is 0.133. The molecule has 3 aromatic rings. The molecule has 3 rings (SSSR count). The van der Waals surface area contributed by atoms with Gasteiger partial charge in [0.2, 0.25) is 5.91 Å². The number of carbonyl (C=O) groups excluding carboxylic acids is 1. The van der Waals surface area contributed by atoms with Crippen molar-refractivity contribution in [1.82, 2.24) is 15.0 Å². The van der Waals surface area contributed by atoms with Crippen LogP contribution in [0.4, 0.5) is 5.82 Å². The fourth-order valence-electron chi connectivity index (χ4n) is 1.88. The fourth-order valence-corrected chi connectivity index (χ4v) is 2.94. The third kappa shape index (κ3) is 3.48. The molecule has 0 aliphatic heterocycles. The van der Waals surface area contributed by atoms with Gasteiger partial charge in [0.15, 0.2) is 5.16 Å². The number of carbonyl (C=O) groups is 1. The molecular weight excluding hydrogens is 364 g/mol. The van der Waals surface area contributed by atoms with Crippen molar-refractivity contribution in [2.45, 2.75) is 17.3 Å². The van der Waals surface area contributed by atoms with Gasteiger partial charge in [-0.15, -0.1) is 0 Å². The van der Waals surface area contributed by atoms with E-state index >= 15 is 0 Å². The van der Waals surface area contributed by atoms with Crippen LogP contribution in [0.5, 0.6) is 0 Å². The number of para-hydroxylation sites is 2. The van der Waals surface area contributed by atoms with E-state index in [1.54, 1.807) is 12.3 Å². The molecule has 1 aromatic carbocycles. The zero-order valence-corrected chi connectivity index (χ0v) is 14.1. The number of rotatable bonds is 4. The second-order valence-electron chi connectivity index (χ2n) is 4.67. The number of fused-ring (bicyclic) bond motifs is 1. The summed E-state index contributed by atoms with van der Waals surface area (Å²) in [6.45, 7) is 1.84. The average Bonchev–Trinajstić information content (AvgIpc) is 2.91. The number of H-pyrrole nitrogens is 1. The molecule has 0 radical (unpaired) electrons. The molecule has 2 N–H and O–H groups in total. The van der Waals surface area contributed by atoms with E-state index in [-0.39, 0.29) is 11.2 Å². The highest BCUT2D eigenvalue weighted by Crippen LogP contribution is 2.24. The number of nitrogens with zero attached hydrogens (tertiary/aromatic N) is 2. The van der Waals surface area contributed by atoms with Gasteiger partial charge in [-0.3, -0.25) is 4.79 Å². The summed E-state index contributed by atoms with van der Waals surface area (Å²) in [7, 11) is 0. The van der Waals surface area contributed by atoms with Crippen molar-refractivity contribution in [3.63, 3.8) is 0 Å². The number of benzene rings is 1. The smallest absolute Gasteiger partial charge is 0.238 e. The van der Waals surface area contributed by atoms with Gasteiger partial charge in [-0.2, -0.15) is 0 Å². The minimum Gasteiger partial charge on any atom is -0.333 e. The largest absolute Gasteiger partial charge is 0.333 e. The number of imidazole rings is 1. The van der Waals surface area contributed by atoms with Crippen molar-refractivity contribution < 1.29 is 4.79 Å². The van der Waals surface area contributed by atoms with Gasteiger partial charge in [-0.25, -0.2) is 9.97 Å². The average molecular weight is 377 g/mol. The lowest BCUT2D eigenvalue weighted by Gasteiger charge is -2.09. The minimum atomic E-state index is -0.286. The summed E-state index contributed by atoms with van der Waals surface area (Å²) in [5.41, 5.74) is 1.86. The Morgan fingerprint density at radius 1 is 1.32 bits per heavy atom. The number of thioether (sulfide) groups is 1. The lowest BCUT2D eigenvalue weighted by atomic mass is 10.3. The molecule has 0 saturated heterocycles. The second-order valence-corrected chi connectivity index (χ2v) is 6.92. The summed E-state index contributed by atoms with van der Waals surface area (Å²) in [5, 5.41) is 3.23. The Morgan fingerprint density at radius 2 is 2.14 bits per heavy atom. The molecule has 1 amide bonds. The molecule has 0 bridgehead atoms. The maximum atomic E-state index is 12.2. The number of pyridine rings is 1. The van der Waals surface area contributed by atoms with Crippen LogP contribution < -0.4 is 5.32 Å². The summed E-state index contributed by atoms with van der Waals surface area (Å²) >= 11 is 4.69. The van der Waals surface area contributed by atoms with Crippen LogP contribution >= 0.6 is 27.7 Å². The maximum Gasteiger partial charge on any atom is 0.238 e. The van der Waals surface area contributed by atoms with Crippen molar-refractivity contribution in [1.29, 1.82) is 0 Å². The Hall–Kier alpha value is -1.86. The van der Waals surface area contributed by atoms with Crippen molar-refractivity contribution in [3.05, 3.63) is 47.1 Å². The number of nitrogens with one attached hydrogen (secondary N) is 2. The van der Waals surface area contributed by atoms with Crippen LogP contribution in [-0.2, 0) is 4.79 Å². The van der Waals surface area contributed by atoms with E-state index in [9.17, 15) is 4.79 Å². The summed E-state index contributed by atoms with van der Waals surface area (Å²) < 4.78 is 0.871. The van der Waals surface area contributed by atoms with Gasteiger partial charge in [0, 0.05) is 10.7 Å². The molecule has 2 aromatic heterocycles. The van der Waals surface area contributed by atoms with Gasteiger partial charge in [0.05, 0.1) is 16.3 Å². The number of aromatic nitrogens is 3. The highest BCUT2D eigenvalue weighted by molar-refractivity contribution is 9.10. The summed E-state index contributed by atoms with van der Waals surface area (Å²) in [6, 6.07) is 11.4. The third-order valence-corrected chi connectivity index (χ3v) is 4.46. The Balaban J connectivity index is 1.66.